The smallest absolute Gasteiger partial charge is 0.340 e. The molecule has 0 radical (unpaired) electrons. The molecule has 7 heteroatoms. The zero-order valence-electron chi connectivity index (χ0n) is 10.8. The first kappa shape index (κ1) is 14.7. The van der Waals surface area contributed by atoms with Crippen LogP contribution in [0, 0.1) is 0 Å². The van der Waals surface area contributed by atoms with Crippen LogP contribution in [0.25, 0.3) is 0 Å². The van der Waals surface area contributed by atoms with Crippen LogP contribution in [0.2, 0.25) is 0 Å². The molecule has 1 amide bonds. The van der Waals surface area contributed by atoms with E-state index in [0.29, 0.717) is 24.2 Å². The van der Waals surface area contributed by atoms with E-state index >= 15 is 0 Å². The van der Waals surface area contributed by atoms with Crippen molar-refractivity contribution in [2.75, 3.05) is 24.2 Å². The fourth-order valence-corrected chi connectivity index (χ4v) is 1.48. The summed E-state index contributed by atoms with van der Waals surface area (Å²) >= 11 is 0. The Labute approximate surface area is 111 Å². The molecule has 0 saturated heterocycles. The van der Waals surface area contributed by atoms with Gasteiger partial charge in [0.1, 0.15) is 5.82 Å². The number of nitrogens with zero attached hydrogens (tertiary/aromatic N) is 1. The Bertz CT molecular complexity index is 462. The minimum absolute atomic E-state index is 0.241. The molecule has 0 saturated carbocycles. The van der Waals surface area contributed by atoms with Crippen molar-refractivity contribution in [3.8, 4) is 0 Å². The first-order chi connectivity index (χ1) is 9.04. The van der Waals surface area contributed by atoms with Gasteiger partial charge in [0.05, 0.1) is 24.1 Å². The minimum Gasteiger partial charge on any atom is -0.462 e. The molecule has 19 heavy (non-hydrogen) atoms. The summed E-state index contributed by atoms with van der Waals surface area (Å²) in [4.78, 5) is 26.3. The van der Waals surface area contributed by atoms with Gasteiger partial charge in [-0.1, -0.05) is 0 Å². The summed E-state index contributed by atoms with van der Waals surface area (Å²) in [6.07, 6.45) is 2.32. The van der Waals surface area contributed by atoms with E-state index in [1.54, 1.807) is 6.92 Å². The van der Waals surface area contributed by atoms with E-state index in [9.17, 15) is 9.59 Å². The summed E-state index contributed by atoms with van der Waals surface area (Å²) in [6.45, 7) is 2.51. The van der Waals surface area contributed by atoms with Crippen LogP contribution in [-0.4, -0.2) is 30.0 Å². The number of ether oxygens (including phenoxy) is 1. The van der Waals surface area contributed by atoms with Gasteiger partial charge in [0.15, 0.2) is 0 Å². The van der Waals surface area contributed by atoms with Gasteiger partial charge in [-0.05, 0) is 19.4 Å². The Morgan fingerprint density at radius 1 is 1.47 bits per heavy atom. The zero-order chi connectivity index (χ0) is 14.3. The highest BCUT2D eigenvalue weighted by atomic mass is 16.5. The second kappa shape index (κ2) is 7.20. The molecule has 104 valence electrons. The third-order valence-corrected chi connectivity index (χ3v) is 2.34. The van der Waals surface area contributed by atoms with Crippen molar-refractivity contribution < 1.29 is 14.3 Å². The molecule has 1 heterocycles. The van der Waals surface area contributed by atoms with Crippen molar-refractivity contribution in [3.63, 3.8) is 0 Å². The van der Waals surface area contributed by atoms with Crippen molar-refractivity contribution in [2.45, 2.75) is 19.8 Å². The number of aromatic nitrogens is 1. The number of esters is 1. The maximum atomic E-state index is 11.7. The fraction of sp³-hybridized carbons (Fsp3) is 0.417. The van der Waals surface area contributed by atoms with E-state index in [1.165, 1.54) is 12.3 Å². The average Bonchev–Trinajstić information content (AvgIpc) is 2.36. The Hall–Kier alpha value is -2.31. The van der Waals surface area contributed by atoms with Crippen molar-refractivity contribution >= 4 is 23.4 Å². The highest BCUT2D eigenvalue weighted by Crippen LogP contribution is 2.17. The monoisotopic (exact) mass is 266 g/mol. The lowest BCUT2D eigenvalue weighted by molar-refractivity contribution is -0.118. The van der Waals surface area contributed by atoms with Crippen LogP contribution in [0.1, 0.15) is 30.1 Å². The Balaban J connectivity index is 2.70. The molecule has 0 atom stereocenters. The number of pyridine rings is 1. The molecule has 0 aliphatic rings. The predicted octanol–water partition coefficient (Wildman–Crippen LogP) is 0.518. The highest BCUT2D eigenvalue weighted by molar-refractivity contribution is 5.96. The summed E-state index contributed by atoms with van der Waals surface area (Å²) in [7, 11) is 0. The molecule has 0 aliphatic heterocycles. The van der Waals surface area contributed by atoms with Crippen LogP contribution in [0.15, 0.2) is 12.3 Å². The third kappa shape index (κ3) is 4.82. The topological polar surface area (TPSA) is 120 Å². The average molecular weight is 266 g/mol. The second-order valence-electron chi connectivity index (χ2n) is 3.87. The zero-order valence-corrected chi connectivity index (χ0v) is 10.8. The normalized spacial score (nSPS) is 9.95. The number of hydrogen-bond donors (Lipinski definition) is 3. The number of nitrogens with one attached hydrogen (secondary N) is 1. The van der Waals surface area contributed by atoms with Gasteiger partial charge in [-0.15, -0.1) is 0 Å². The number of rotatable bonds is 7. The number of amides is 1. The van der Waals surface area contributed by atoms with E-state index in [0.717, 1.165) is 0 Å². The second-order valence-corrected chi connectivity index (χ2v) is 3.87. The van der Waals surface area contributed by atoms with Gasteiger partial charge >= 0.3 is 5.97 Å². The van der Waals surface area contributed by atoms with Gasteiger partial charge in [-0.25, -0.2) is 9.78 Å². The molecular formula is C12H18N4O3. The van der Waals surface area contributed by atoms with E-state index in [2.05, 4.69) is 10.3 Å². The van der Waals surface area contributed by atoms with Gasteiger partial charge in [-0.2, -0.15) is 0 Å². The van der Waals surface area contributed by atoms with Crippen molar-refractivity contribution in [2.24, 2.45) is 5.73 Å². The lowest BCUT2D eigenvalue weighted by Gasteiger charge is -2.11. The Morgan fingerprint density at radius 2 is 2.21 bits per heavy atom. The predicted molar refractivity (Wildman–Crippen MR) is 71.5 cm³/mol. The van der Waals surface area contributed by atoms with Gasteiger partial charge in [0.25, 0.3) is 0 Å². The van der Waals surface area contributed by atoms with Crippen LogP contribution in [-0.2, 0) is 9.53 Å². The van der Waals surface area contributed by atoms with Crippen molar-refractivity contribution in [3.05, 3.63) is 17.8 Å². The van der Waals surface area contributed by atoms with Crippen molar-refractivity contribution in [1.29, 1.82) is 0 Å². The van der Waals surface area contributed by atoms with Gasteiger partial charge in [0.2, 0.25) is 5.91 Å². The molecule has 0 fully saturated rings. The van der Waals surface area contributed by atoms with Crippen LogP contribution in [0.5, 0.6) is 0 Å². The number of nitrogen functional groups attached to an aromatic ring is 1. The standard InChI is InChI=1S/C12H18N4O3/c1-2-19-12(18)8-6-10(13)16-7-9(8)15-5-3-4-11(14)17/h6-7,15H,2-5H2,1H3,(H2,13,16)(H2,14,17). The van der Waals surface area contributed by atoms with E-state index in [1.807, 2.05) is 0 Å². The quantitative estimate of drug-likeness (QED) is 0.488. The SMILES string of the molecule is CCOC(=O)c1cc(N)ncc1NCCCC(N)=O. The summed E-state index contributed by atoms with van der Waals surface area (Å²) in [5.41, 5.74) is 11.4. The Kier molecular flexibility index (Phi) is 5.59. The molecule has 0 bridgehead atoms. The van der Waals surface area contributed by atoms with Crippen LogP contribution in [0.3, 0.4) is 0 Å². The van der Waals surface area contributed by atoms with Crippen molar-refractivity contribution in [1.82, 2.24) is 4.98 Å². The number of primary amides is 1. The lowest BCUT2D eigenvalue weighted by atomic mass is 10.2. The van der Waals surface area contributed by atoms with Crippen LogP contribution in [0.4, 0.5) is 11.5 Å². The number of hydrogen-bond acceptors (Lipinski definition) is 6. The first-order valence-electron chi connectivity index (χ1n) is 5.99. The number of nitrogens with two attached hydrogens (primary N) is 2. The van der Waals surface area contributed by atoms with E-state index < -0.39 is 5.97 Å². The molecule has 0 unspecified atom stereocenters. The highest BCUT2D eigenvalue weighted by Gasteiger charge is 2.13. The maximum absolute atomic E-state index is 11.7. The van der Waals surface area contributed by atoms with Gasteiger partial charge < -0.3 is 21.5 Å². The fourth-order valence-electron chi connectivity index (χ4n) is 1.48. The van der Waals surface area contributed by atoms with Crippen LogP contribution < -0.4 is 16.8 Å². The maximum Gasteiger partial charge on any atom is 0.340 e. The van der Waals surface area contributed by atoms with E-state index in [4.69, 9.17) is 16.2 Å². The third-order valence-electron chi connectivity index (χ3n) is 2.34. The number of carbonyl (C=O) groups is 2. The molecule has 1 aromatic heterocycles. The molecule has 0 aromatic carbocycles. The molecule has 0 aliphatic carbocycles. The van der Waals surface area contributed by atoms with Gasteiger partial charge in [0, 0.05) is 13.0 Å². The Morgan fingerprint density at radius 3 is 2.84 bits per heavy atom. The molecular weight excluding hydrogens is 248 g/mol. The minimum atomic E-state index is -0.464. The molecule has 0 spiro atoms. The molecule has 7 nitrogen and oxygen atoms in total. The first-order valence-corrected chi connectivity index (χ1v) is 5.99. The largest absolute Gasteiger partial charge is 0.462 e. The summed E-state index contributed by atoms with van der Waals surface area (Å²) in [5.74, 6) is -0.581. The molecule has 5 N–H and O–H groups in total. The number of anilines is 2. The summed E-state index contributed by atoms with van der Waals surface area (Å²) in [6, 6.07) is 1.45. The number of carbonyl (C=O) groups excluding carboxylic acids is 2. The summed E-state index contributed by atoms with van der Waals surface area (Å²) in [5, 5.41) is 3.01. The summed E-state index contributed by atoms with van der Waals surface area (Å²) < 4.78 is 4.93. The molecule has 1 aromatic rings. The molecule has 1 rings (SSSR count). The van der Waals surface area contributed by atoms with Crippen LogP contribution >= 0.6 is 0 Å². The van der Waals surface area contributed by atoms with Gasteiger partial charge in [-0.3, -0.25) is 4.79 Å². The lowest BCUT2D eigenvalue weighted by Crippen LogP contribution is -2.15. The van der Waals surface area contributed by atoms with E-state index in [-0.39, 0.29) is 24.8 Å².